The summed E-state index contributed by atoms with van der Waals surface area (Å²) < 4.78 is 0. The summed E-state index contributed by atoms with van der Waals surface area (Å²) in [7, 11) is 0. The molecule has 1 aromatic rings. The Morgan fingerprint density at radius 1 is 1.32 bits per heavy atom. The average molecular weight is 261 g/mol. The van der Waals surface area contributed by atoms with E-state index in [1.165, 1.54) is 0 Å². The number of aliphatic hydroxyl groups excluding tert-OH is 2. The molecule has 102 valence electrons. The first kappa shape index (κ1) is 12.6. The maximum absolute atomic E-state index is 12.4. The van der Waals surface area contributed by atoms with Crippen LogP contribution < -0.4 is 5.32 Å². The van der Waals surface area contributed by atoms with E-state index in [0.717, 1.165) is 12.0 Å². The Morgan fingerprint density at radius 2 is 2.05 bits per heavy atom. The molecular formula is C15H19NO3. The van der Waals surface area contributed by atoms with Crippen LogP contribution in [0.2, 0.25) is 0 Å². The minimum atomic E-state index is -0.915. The third kappa shape index (κ3) is 1.95. The molecule has 0 radical (unpaired) electrons. The van der Waals surface area contributed by atoms with Gasteiger partial charge in [0.1, 0.15) is 0 Å². The third-order valence-electron chi connectivity index (χ3n) is 4.71. The molecule has 2 aliphatic rings. The molecule has 0 aromatic heterocycles. The van der Waals surface area contributed by atoms with Crippen molar-refractivity contribution in [1.29, 1.82) is 0 Å². The summed E-state index contributed by atoms with van der Waals surface area (Å²) in [6.07, 6.45) is 0.460. The van der Waals surface area contributed by atoms with Gasteiger partial charge in [-0.2, -0.15) is 0 Å². The summed E-state index contributed by atoms with van der Waals surface area (Å²) >= 11 is 0. The van der Waals surface area contributed by atoms with Crippen LogP contribution in [0.4, 0.5) is 0 Å². The molecule has 0 unspecified atom stereocenters. The van der Waals surface area contributed by atoms with Gasteiger partial charge in [-0.25, -0.2) is 0 Å². The molecule has 0 saturated heterocycles. The third-order valence-corrected chi connectivity index (χ3v) is 4.71. The molecule has 2 bridgehead atoms. The summed E-state index contributed by atoms with van der Waals surface area (Å²) in [6.45, 7) is 0.467. The number of hydrogen-bond acceptors (Lipinski definition) is 3. The van der Waals surface area contributed by atoms with Crippen LogP contribution in [0.1, 0.15) is 24.8 Å². The Morgan fingerprint density at radius 3 is 2.68 bits per heavy atom. The van der Waals surface area contributed by atoms with Crippen LogP contribution in [0.3, 0.4) is 0 Å². The number of aliphatic hydroxyl groups is 2. The van der Waals surface area contributed by atoms with E-state index in [9.17, 15) is 15.0 Å². The van der Waals surface area contributed by atoms with E-state index in [4.69, 9.17) is 0 Å². The van der Waals surface area contributed by atoms with E-state index in [-0.39, 0.29) is 11.8 Å². The highest BCUT2D eigenvalue weighted by atomic mass is 16.3. The van der Waals surface area contributed by atoms with Crippen molar-refractivity contribution < 1.29 is 15.0 Å². The molecule has 1 aromatic carbocycles. The highest BCUT2D eigenvalue weighted by Gasteiger charge is 2.60. The Bertz CT molecular complexity index is 476. The first-order valence-corrected chi connectivity index (χ1v) is 6.82. The number of nitrogens with one attached hydrogen (secondary N) is 1. The van der Waals surface area contributed by atoms with E-state index >= 15 is 0 Å². The molecular weight excluding hydrogens is 242 g/mol. The molecule has 0 aliphatic heterocycles. The first-order valence-electron chi connectivity index (χ1n) is 6.82. The lowest BCUT2D eigenvalue weighted by Gasteiger charge is -2.32. The number of benzene rings is 1. The van der Waals surface area contributed by atoms with Crippen molar-refractivity contribution in [3.63, 3.8) is 0 Å². The Kier molecular flexibility index (Phi) is 3.07. The van der Waals surface area contributed by atoms with Gasteiger partial charge in [0.2, 0.25) is 5.91 Å². The van der Waals surface area contributed by atoms with Gasteiger partial charge in [-0.15, -0.1) is 0 Å². The lowest BCUT2D eigenvalue weighted by Crippen LogP contribution is -2.49. The van der Waals surface area contributed by atoms with Gasteiger partial charge in [0, 0.05) is 6.54 Å². The molecule has 3 N–H and O–H groups in total. The SMILES string of the molecule is O=C(NCc1ccccc1)[C@]12CC[C@H](C1)[C@H](O)[C@@H]2O. The number of carbonyl (C=O) groups excluding carboxylic acids is 1. The van der Waals surface area contributed by atoms with Gasteiger partial charge in [0.15, 0.2) is 0 Å². The fraction of sp³-hybridized carbons (Fsp3) is 0.533. The van der Waals surface area contributed by atoms with Crippen LogP contribution in [0.5, 0.6) is 0 Å². The van der Waals surface area contributed by atoms with Crippen LogP contribution in [-0.4, -0.2) is 28.3 Å². The predicted octanol–water partition coefficient (Wildman–Crippen LogP) is 0.825. The zero-order chi connectivity index (χ0) is 13.5. The van der Waals surface area contributed by atoms with Crippen molar-refractivity contribution >= 4 is 5.91 Å². The van der Waals surface area contributed by atoms with Crippen LogP contribution in [-0.2, 0) is 11.3 Å². The lowest BCUT2D eigenvalue weighted by molar-refractivity contribution is -0.141. The second kappa shape index (κ2) is 4.62. The zero-order valence-electron chi connectivity index (χ0n) is 10.7. The summed E-state index contributed by atoms with van der Waals surface area (Å²) in [5.41, 5.74) is 0.272. The predicted molar refractivity (Wildman–Crippen MR) is 70.1 cm³/mol. The number of fused-ring (bicyclic) bond motifs is 2. The largest absolute Gasteiger partial charge is 0.390 e. The van der Waals surface area contributed by atoms with Crippen molar-refractivity contribution in [3.05, 3.63) is 35.9 Å². The van der Waals surface area contributed by atoms with Gasteiger partial charge < -0.3 is 15.5 Å². The Balaban J connectivity index is 1.68. The number of rotatable bonds is 3. The number of hydrogen-bond donors (Lipinski definition) is 3. The summed E-state index contributed by atoms with van der Waals surface area (Å²) in [5, 5.41) is 22.9. The van der Waals surface area contributed by atoms with Crippen LogP contribution in [0, 0.1) is 11.3 Å². The fourth-order valence-electron chi connectivity index (χ4n) is 3.55. The highest BCUT2D eigenvalue weighted by molar-refractivity contribution is 5.84. The molecule has 19 heavy (non-hydrogen) atoms. The second-order valence-corrected chi connectivity index (χ2v) is 5.76. The maximum atomic E-state index is 12.4. The molecule has 0 spiro atoms. The smallest absolute Gasteiger partial charge is 0.229 e. The van der Waals surface area contributed by atoms with Crippen molar-refractivity contribution in [1.82, 2.24) is 5.32 Å². The van der Waals surface area contributed by atoms with Crippen LogP contribution in [0.15, 0.2) is 30.3 Å². The fourth-order valence-corrected chi connectivity index (χ4v) is 3.55. The van der Waals surface area contributed by atoms with Gasteiger partial charge in [-0.05, 0) is 30.7 Å². The molecule has 0 heterocycles. The van der Waals surface area contributed by atoms with E-state index in [1.54, 1.807) is 0 Å². The van der Waals surface area contributed by atoms with Crippen molar-refractivity contribution in [2.45, 2.75) is 38.0 Å². The van der Waals surface area contributed by atoms with E-state index in [2.05, 4.69) is 5.32 Å². The minimum Gasteiger partial charge on any atom is -0.390 e. The normalized spacial score (nSPS) is 36.4. The van der Waals surface area contributed by atoms with Gasteiger partial charge in [0.25, 0.3) is 0 Å². The Hall–Kier alpha value is -1.39. The molecule has 2 aliphatic carbocycles. The van der Waals surface area contributed by atoms with Crippen molar-refractivity contribution in [3.8, 4) is 0 Å². The average Bonchev–Trinajstić information content (AvgIpc) is 2.98. The van der Waals surface area contributed by atoms with Crippen molar-refractivity contribution in [2.75, 3.05) is 0 Å². The first-order chi connectivity index (χ1) is 9.13. The van der Waals surface area contributed by atoms with E-state index in [1.807, 2.05) is 30.3 Å². The number of amides is 1. The topological polar surface area (TPSA) is 69.6 Å². The van der Waals surface area contributed by atoms with Gasteiger partial charge in [0.05, 0.1) is 17.6 Å². The molecule has 3 rings (SSSR count). The molecule has 2 saturated carbocycles. The van der Waals surface area contributed by atoms with Crippen LogP contribution in [0.25, 0.3) is 0 Å². The maximum Gasteiger partial charge on any atom is 0.229 e. The Labute approximate surface area is 112 Å². The molecule has 4 heteroatoms. The highest BCUT2D eigenvalue weighted by Crippen LogP contribution is 2.54. The standard InChI is InChI=1S/C15H19NO3/c17-12-11-6-7-15(8-11,13(12)18)14(19)16-9-10-4-2-1-3-5-10/h1-5,11-13,17-18H,6-9H2,(H,16,19)/t11-,12+,13+,15-/m1/s1. The van der Waals surface area contributed by atoms with Gasteiger partial charge in [-0.3, -0.25) is 4.79 Å². The quantitative estimate of drug-likeness (QED) is 0.754. The summed E-state index contributed by atoms with van der Waals surface area (Å²) in [4.78, 5) is 12.4. The second-order valence-electron chi connectivity index (χ2n) is 5.76. The minimum absolute atomic E-state index is 0.0810. The van der Waals surface area contributed by atoms with E-state index in [0.29, 0.717) is 19.4 Å². The van der Waals surface area contributed by atoms with Gasteiger partial charge >= 0.3 is 0 Å². The van der Waals surface area contributed by atoms with Gasteiger partial charge in [-0.1, -0.05) is 30.3 Å². The summed E-state index contributed by atoms with van der Waals surface area (Å²) in [5.74, 6) is -0.0413. The van der Waals surface area contributed by atoms with Crippen LogP contribution >= 0.6 is 0 Å². The summed E-state index contributed by atoms with van der Waals surface area (Å²) in [6, 6.07) is 9.70. The number of carbonyl (C=O) groups is 1. The van der Waals surface area contributed by atoms with Crippen molar-refractivity contribution in [2.24, 2.45) is 11.3 Å². The molecule has 4 nitrogen and oxygen atoms in total. The zero-order valence-corrected chi connectivity index (χ0v) is 10.7. The monoisotopic (exact) mass is 261 g/mol. The lowest BCUT2D eigenvalue weighted by atomic mass is 9.80. The molecule has 4 atom stereocenters. The van der Waals surface area contributed by atoms with E-state index < -0.39 is 17.6 Å². The molecule has 1 amide bonds. The molecule has 2 fully saturated rings.